The van der Waals surface area contributed by atoms with E-state index in [0.717, 1.165) is 0 Å². The summed E-state index contributed by atoms with van der Waals surface area (Å²) >= 11 is 0. The first kappa shape index (κ1) is 26.8. The van der Waals surface area contributed by atoms with Gasteiger partial charge >= 0.3 is 6.43 Å². The molecule has 0 bridgehead atoms. The van der Waals surface area contributed by atoms with Gasteiger partial charge < -0.3 is 26.6 Å². The number of nitrogens with one attached hydrogen (secondary N) is 3. The van der Waals surface area contributed by atoms with Crippen molar-refractivity contribution in [2.75, 3.05) is 13.1 Å². The third-order valence-electron chi connectivity index (χ3n) is 7.70. The maximum absolute atomic E-state index is 13.5. The van der Waals surface area contributed by atoms with E-state index in [4.69, 9.17) is 5.73 Å². The van der Waals surface area contributed by atoms with E-state index in [1.54, 1.807) is 20.8 Å². The Labute approximate surface area is 203 Å². The number of amides is 5. The molecule has 2 aliphatic heterocycles. The Kier molecular flexibility index (Phi) is 7.16. The number of nitrogens with two attached hydrogens (primary N) is 1. The molecule has 3 fully saturated rings. The molecule has 5 N–H and O–H groups in total. The first-order valence-corrected chi connectivity index (χ1v) is 11.8. The van der Waals surface area contributed by atoms with Crippen LogP contribution in [0.15, 0.2) is 0 Å². The van der Waals surface area contributed by atoms with E-state index < -0.39 is 59.5 Å². The lowest BCUT2D eigenvalue weighted by atomic mass is 9.85. The number of hydrogen-bond donors (Lipinski definition) is 4. The summed E-state index contributed by atoms with van der Waals surface area (Å²) in [5.74, 6) is -4.47. The number of halogens is 2. The van der Waals surface area contributed by atoms with Gasteiger partial charge in [0, 0.05) is 19.0 Å². The van der Waals surface area contributed by atoms with Crippen LogP contribution >= 0.6 is 0 Å². The monoisotopic (exact) mass is 499 g/mol. The van der Waals surface area contributed by atoms with Gasteiger partial charge in [-0.05, 0) is 35.5 Å². The third-order valence-corrected chi connectivity index (χ3v) is 7.70. The molecule has 1 saturated carbocycles. The Morgan fingerprint density at radius 3 is 2.31 bits per heavy atom. The predicted octanol–water partition coefficient (Wildman–Crippen LogP) is -0.238. The van der Waals surface area contributed by atoms with Crippen LogP contribution in [-0.4, -0.2) is 72.1 Å². The highest BCUT2D eigenvalue weighted by molar-refractivity contribution is 5.96. The summed E-state index contributed by atoms with van der Waals surface area (Å²) in [4.78, 5) is 64.0. The molecule has 10 nitrogen and oxygen atoms in total. The van der Waals surface area contributed by atoms with E-state index in [0.29, 0.717) is 13.0 Å². The zero-order chi connectivity index (χ0) is 26.5. The Balaban J connectivity index is 1.82. The van der Waals surface area contributed by atoms with Gasteiger partial charge in [0.25, 0.3) is 5.91 Å². The van der Waals surface area contributed by atoms with Crippen molar-refractivity contribution >= 4 is 29.5 Å². The van der Waals surface area contributed by atoms with Gasteiger partial charge in [0.2, 0.25) is 23.6 Å². The molecule has 0 aromatic carbocycles. The number of hydrogen-bond acceptors (Lipinski definition) is 5. The second kappa shape index (κ2) is 9.34. The number of fused-ring (bicyclic) bond motifs is 1. The quantitative estimate of drug-likeness (QED) is 0.364. The molecule has 0 radical (unpaired) electrons. The average Bonchev–Trinajstić information content (AvgIpc) is 3.10. The lowest BCUT2D eigenvalue weighted by molar-refractivity contribution is -0.147. The number of likely N-dealkylation sites (tertiary alicyclic amines) is 1. The van der Waals surface area contributed by atoms with E-state index in [2.05, 4.69) is 16.0 Å². The standard InChI is InChI=1S/C23H35F2N5O5/c1-22(2,3)15(29-20(34)16(24)25)21(35)30-9-11-13(23(11,4)5)14(30)19(33)28-12(17(26)31)8-10-6-7-27-18(10)32/h10-16H,6-9H2,1-5H3,(H2,26,31)(H,27,32)(H,28,33)(H,29,34)/t10-,11-,12-,13-,14-,15+/m0/s1. The number of carbonyl (C=O) groups excluding carboxylic acids is 5. The number of primary amides is 1. The summed E-state index contributed by atoms with van der Waals surface area (Å²) in [5, 5.41) is 7.43. The SMILES string of the molecule is CC(C)(C)[C@H](NC(=O)C(F)F)C(=O)N1C[C@H]2[C@@H]([C@H]1C(=O)N[C@@H](C[C@@H]1CCNC1=O)C(N)=O)C2(C)C. The molecule has 3 rings (SSSR count). The van der Waals surface area contributed by atoms with Crippen LogP contribution in [0.5, 0.6) is 0 Å². The van der Waals surface area contributed by atoms with Crippen molar-refractivity contribution in [3.63, 3.8) is 0 Å². The fraction of sp³-hybridized carbons (Fsp3) is 0.783. The number of rotatable bonds is 8. The summed E-state index contributed by atoms with van der Waals surface area (Å²) in [6, 6.07) is -3.35. The predicted molar refractivity (Wildman–Crippen MR) is 121 cm³/mol. The van der Waals surface area contributed by atoms with Gasteiger partial charge in [-0.3, -0.25) is 24.0 Å². The van der Waals surface area contributed by atoms with Crippen LogP contribution in [-0.2, 0) is 24.0 Å². The Morgan fingerprint density at radius 1 is 1.20 bits per heavy atom. The van der Waals surface area contributed by atoms with Crippen LogP contribution in [0.1, 0.15) is 47.5 Å². The number of nitrogens with zero attached hydrogens (tertiary/aromatic N) is 1. The van der Waals surface area contributed by atoms with Gasteiger partial charge in [0.05, 0.1) is 0 Å². The molecule has 2 saturated heterocycles. The zero-order valence-electron chi connectivity index (χ0n) is 20.7. The summed E-state index contributed by atoms with van der Waals surface area (Å²) in [5.41, 5.74) is 4.36. The molecule has 6 atom stereocenters. The van der Waals surface area contributed by atoms with Gasteiger partial charge in [-0.15, -0.1) is 0 Å². The van der Waals surface area contributed by atoms with E-state index in [-0.39, 0.29) is 36.1 Å². The molecular formula is C23H35F2N5O5. The van der Waals surface area contributed by atoms with Crippen LogP contribution < -0.4 is 21.7 Å². The van der Waals surface area contributed by atoms with Crippen molar-refractivity contribution in [2.45, 2.75) is 72.0 Å². The lowest BCUT2D eigenvalue weighted by Gasteiger charge is -2.37. The molecule has 5 amide bonds. The van der Waals surface area contributed by atoms with Crippen molar-refractivity contribution < 1.29 is 32.8 Å². The first-order chi connectivity index (χ1) is 16.1. The molecule has 0 aromatic rings. The highest BCUT2D eigenvalue weighted by Gasteiger charge is 2.69. The van der Waals surface area contributed by atoms with Crippen LogP contribution in [0.4, 0.5) is 8.78 Å². The molecular weight excluding hydrogens is 464 g/mol. The topological polar surface area (TPSA) is 151 Å². The van der Waals surface area contributed by atoms with Crippen LogP contribution in [0.3, 0.4) is 0 Å². The maximum atomic E-state index is 13.5. The molecule has 1 aliphatic carbocycles. The van der Waals surface area contributed by atoms with Crippen molar-refractivity contribution in [1.29, 1.82) is 0 Å². The van der Waals surface area contributed by atoms with E-state index in [9.17, 15) is 32.8 Å². The average molecular weight is 500 g/mol. The maximum Gasteiger partial charge on any atom is 0.315 e. The lowest BCUT2D eigenvalue weighted by Crippen LogP contribution is -2.61. The first-order valence-electron chi connectivity index (χ1n) is 11.8. The minimum Gasteiger partial charge on any atom is -0.368 e. The molecule has 0 unspecified atom stereocenters. The summed E-state index contributed by atoms with van der Waals surface area (Å²) in [7, 11) is 0. The van der Waals surface area contributed by atoms with Crippen molar-refractivity contribution in [1.82, 2.24) is 20.9 Å². The van der Waals surface area contributed by atoms with E-state index in [1.165, 1.54) is 4.90 Å². The minimum absolute atomic E-state index is 0.00116. The van der Waals surface area contributed by atoms with Crippen molar-refractivity contribution in [3.8, 4) is 0 Å². The van der Waals surface area contributed by atoms with Crippen LogP contribution in [0, 0.1) is 28.6 Å². The largest absolute Gasteiger partial charge is 0.368 e. The fourth-order valence-corrected chi connectivity index (χ4v) is 5.49. The third kappa shape index (κ3) is 5.25. The van der Waals surface area contributed by atoms with Gasteiger partial charge in [0.15, 0.2) is 0 Å². The number of piperidine rings is 1. The molecule has 0 spiro atoms. The Morgan fingerprint density at radius 2 is 1.83 bits per heavy atom. The van der Waals surface area contributed by atoms with E-state index in [1.807, 2.05) is 13.8 Å². The highest BCUT2D eigenvalue weighted by Crippen LogP contribution is 2.65. The number of carbonyl (C=O) groups is 5. The van der Waals surface area contributed by atoms with Gasteiger partial charge in [0.1, 0.15) is 18.1 Å². The van der Waals surface area contributed by atoms with Crippen molar-refractivity contribution in [3.05, 3.63) is 0 Å². The van der Waals surface area contributed by atoms with Gasteiger partial charge in [-0.25, -0.2) is 0 Å². The number of alkyl halides is 2. The van der Waals surface area contributed by atoms with Crippen molar-refractivity contribution in [2.24, 2.45) is 34.3 Å². The fourth-order valence-electron chi connectivity index (χ4n) is 5.49. The molecule has 196 valence electrons. The summed E-state index contributed by atoms with van der Waals surface area (Å²) in [6.45, 7) is 9.53. The molecule has 35 heavy (non-hydrogen) atoms. The molecule has 3 aliphatic rings. The normalized spacial score (nSPS) is 28.7. The van der Waals surface area contributed by atoms with Gasteiger partial charge in [-0.2, -0.15) is 8.78 Å². The molecule has 12 heteroatoms. The molecule has 0 aromatic heterocycles. The zero-order valence-corrected chi connectivity index (χ0v) is 20.7. The van der Waals surface area contributed by atoms with Gasteiger partial charge in [-0.1, -0.05) is 34.6 Å². The summed E-state index contributed by atoms with van der Waals surface area (Å²) in [6.07, 6.45) is -2.73. The smallest absolute Gasteiger partial charge is 0.315 e. The minimum atomic E-state index is -3.29. The van der Waals surface area contributed by atoms with E-state index >= 15 is 0 Å². The van der Waals surface area contributed by atoms with Crippen LogP contribution in [0.25, 0.3) is 0 Å². The second-order valence-electron chi connectivity index (χ2n) is 11.5. The second-order valence-corrected chi connectivity index (χ2v) is 11.5. The Hall–Kier alpha value is -2.79. The highest BCUT2D eigenvalue weighted by atomic mass is 19.3. The Bertz CT molecular complexity index is 918. The molecule has 2 heterocycles. The van der Waals surface area contributed by atoms with Crippen LogP contribution in [0.2, 0.25) is 0 Å². The summed E-state index contributed by atoms with van der Waals surface area (Å²) < 4.78 is 25.9.